The Labute approximate surface area is 400 Å². The molecule has 69 heavy (non-hydrogen) atoms. The fourth-order valence-electron chi connectivity index (χ4n) is 12.6. The summed E-state index contributed by atoms with van der Waals surface area (Å²) in [6.07, 6.45) is 0. The van der Waals surface area contributed by atoms with Crippen molar-refractivity contribution >= 4 is 27.8 Å². The predicted molar refractivity (Wildman–Crippen MR) is 279 cm³/mol. The zero-order valence-electron chi connectivity index (χ0n) is 37.4. The first-order valence-corrected chi connectivity index (χ1v) is 23.8. The van der Waals surface area contributed by atoms with Crippen LogP contribution in [0.25, 0.3) is 44.2 Å². The maximum absolute atomic E-state index is 6.73. The van der Waals surface area contributed by atoms with Gasteiger partial charge in [0.1, 0.15) is 23.0 Å². The summed E-state index contributed by atoms with van der Waals surface area (Å²) in [5.74, 6) is 3.54. The van der Waals surface area contributed by atoms with Gasteiger partial charge in [0.15, 0.2) is 0 Å². The molecule has 322 valence electrons. The Kier molecular flexibility index (Phi) is 7.92. The molecule has 2 heterocycles. The van der Waals surface area contributed by atoms with Crippen LogP contribution in [0.3, 0.4) is 0 Å². The van der Waals surface area contributed by atoms with Gasteiger partial charge in [0.25, 0.3) is 0 Å². The standard InChI is InChI=1S/C66H41NO2/c1-2-16-44-39-45(30-29-42(44)15-1)43-31-33-46(34-32-43)67(47-36-38-55-52(40-47)50-18-4-6-20-54(50)65(55)56-21-7-11-25-61(56)68-62-26-12-8-22-57(62)65)48-35-37-51-49-17-3-5-19-53(49)66(60(51)41-48)58-23-9-13-27-63(58)69-64-28-14-10-24-59(64)66/h1-41H. The van der Waals surface area contributed by atoms with Crippen molar-refractivity contribution in [3.8, 4) is 56.4 Å². The number of hydrogen-bond acceptors (Lipinski definition) is 3. The highest BCUT2D eigenvalue weighted by molar-refractivity contribution is 5.95. The maximum atomic E-state index is 6.73. The molecular weight excluding hydrogens is 839 g/mol. The Morgan fingerprint density at radius 2 is 0.652 bits per heavy atom. The second kappa shape index (κ2) is 14.3. The molecule has 0 N–H and O–H groups in total. The Morgan fingerprint density at radius 1 is 0.246 bits per heavy atom. The van der Waals surface area contributed by atoms with Crippen LogP contribution in [0.4, 0.5) is 17.1 Å². The Bertz CT molecular complexity index is 3850. The number of nitrogens with zero attached hydrogens (tertiary/aromatic N) is 1. The molecule has 2 spiro atoms. The summed E-state index contributed by atoms with van der Waals surface area (Å²) in [6.45, 7) is 0. The smallest absolute Gasteiger partial charge is 0.132 e. The quantitative estimate of drug-likeness (QED) is 0.176. The molecule has 4 aliphatic rings. The molecule has 3 heteroatoms. The fraction of sp³-hybridized carbons (Fsp3) is 0.0303. The van der Waals surface area contributed by atoms with E-state index < -0.39 is 10.8 Å². The van der Waals surface area contributed by atoms with E-state index in [0.29, 0.717) is 0 Å². The third kappa shape index (κ3) is 5.16. The van der Waals surface area contributed by atoms with Crippen LogP contribution in [-0.2, 0) is 10.8 Å². The summed E-state index contributed by atoms with van der Waals surface area (Å²) in [4.78, 5) is 2.46. The van der Waals surface area contributed by atoms with Crippen LogP contribution in [0.15, 0.2) is 249 Å². The van der Waals surface area contributed by atoms with Gasteiger partial charge < -0.3 is 14.4 Å². The predicted octanol–water partition coefficient (Wildman–Crippen LogP) is 16.9. The molecule has 2 aliphatic carbocycles. The van der Waals surface area contributed by atoms with Crippen LogP contribution >= 0.6 is 0 Å². The van der Waals surface area contributed by atoms with Gasteiger partial charge in [-0.3, -0.25) is 0 Å². The second-order valence-corrected chi connectivity index (χ2v) is 18.7. The van der Waals surface area contributed by atoms with E-state index in [1.165, 1.54) is 66.4 Å². The van der Waals surface area contributed by atoms with Gasteiger partial charge in [-0.1, -0.05) is 182 Å². The highest BCUT2D eigenvalue weighted by Gasteiger charge is 2.53. The summed E-state index contributed by atoms with van der Waals surface area (Å²) >= 11 is 0. The molecule has 11 aromatic carbocycles. The number of fused-ring (bicyclic) bond motifs is 19. The lowest BCUT2D eigenvalue weighted by Crippen LogP contribution is -2.32. The van der Waals surface area contributed by atoms with E-state index in [-0.39, 0.29) is 0 Å². The van der Waals surface area contributed by atoms with Crippen LogP contribution in [-0.4, -0.2) is 0 Å². The lowest BCUT2D eigenvalue weighted by atomic mass is 9.66. The van der Waals surface area contributed by atoms with Gasteiger partial charge in [0.05, 0.1) is 10.8 Å². The van der Waals surface area contributed by atoms with Crippen LogP contribution < -0.4 is 14.4 Å². The van der Waals surface area contributed by atoms with Gasteiger partial charge in [0, 0.05) is 39.3 Å². The lowest BCUT2D eigenvalue weighted by Gasteiger charge is -2.40. The third-order valence-electron chi connectivity index (χ3n) is 15.4. The normalized spacial score (nSPS) is 14.3. The molecule has 0 saturated heterocycles. The second-order valence-electron chi connectivity index (χ2n) is 18.7. The molecule has 0 saturated carbocycles. The van der Waals surface area contributed by atoms with E-state index >= 15 is 0 Å². The zero-order valence-corrected chi connectivity index (χ0v) is 37.4. The Morgan fingerprint density at radius 3 is 1.25 bits per heavy atom. The minimum atomic E-state index is -0.605. The van der Waals surface area contributed by atoms with Crippen molar-refractivity contribution in [1.29, 1.82) is 0 Å². The third-order valence-corrected chi connectivity index (χ3v) is 15.4. The van der Waals surface area contributed by atoms with Gasteiger partial charge in [-0.05, 0) is 133 Å². The summed E-state index contributed by atoms with van der Waals surface area (Å²) in [7, 11) is 0. The van der Waals surface area contributed by atoms with E-state index in [1.807, 2.05) is 0 Å². The molecule has 0 unspecified atom stereocenters. The number of rotatable bonds is 4. The van der Waals surface area contributed by atoms with Crippen molar-refractivity contribution in [2.75, 3.05) is 4.90 Å². The van der Waals surface area contributed by atoms with Crippen molar-refractivity contribution in [1.82, 2.24) is 0 Å². The van der Waals surface area contributed by atoms with Gasteiger partial charge in [-0.2, -0.15) is 0 Å². The molecule has 3 nitrogen and oxygen atoms in total. The van der Waals surface area contributed by atoms with Crippen molar-refractivity contribution < 1.29 is 9.47 Å². The molecule has 2 aliphatic heterocycles. The zero-order chi connectivity index (χ0) is 45.3. The molecule has 0 bridgehead atoms. The average Bonchev–Trinajstić information content (AvgIpc) is 3.86. The van der Waals surface area contributed by atoms with Crippen LogP contribution in [0, 0.1) is 0 Å². The van der Waals surface area contributed by atoms with E-state index in [0.717, 1.165) is 62.3 Å². The Balaban J connectivity index is 0.972. The first-order chi connectivity index (χ1) is 34.2. The van der Waals surface area contributed by atoms with Crippen molar-refractivity contribution in [3.63, 3.8) is 0 Å². The molecule has 15 rings (SSSR count). The number of para-hydroxylation sites is 4. The summed E-state index contributed by atoms with van der Waals surface area (Å²) in [5.41, 5.74) is 19.0. The van der Waals surface area contributed by atoms with E-state index in [4.69, 9.17) is 9.47 Å². The largest absolute Gasteiger partial charge is 0.457 e. The number of hydrogen-bond donors (Lipinski definition) is 0. The molecule has 0 amide bonds. The van der Waals surface area contributed by atoms with E-state index in [2.05, 4.69) is 254 Å². The fourth-order valence-corrected chi connectivity index (χ4v) is 12.6. The summed E-state index contributed by atoms with van der Waals surface area (Å²) < 4.78 is 13.4. The average molecular weight is 880 g/mol. The van der Waals surface area contributed by atoms with Crippen LogP contribution in [0.1, 0.15) is 44.5 Å². The first kappa shape index (κ1) is 38.2. The van der Waals surface area contributed by atoms with Crippen molar-refractivity contribution in [3.05, 3.63) is 293 Å². The van der Waals surface area contributed by atoms with Gasteiger partial charge >= 0.3 is 0 Å². The van der Waals surface area contributed by atoms with Crippen LogP contribution in [0.2, 0.25) is 0 Å². The summed E-state index contributed by atoms with van der Waals surface area (Å²) in [5, 5.41) is 2.47. The van der Waals surface area contributed by atoms with Crippen molar-refractivity contribution in [2.45, 2.75) is 10.8 Å². The number of ether oxygens (including phenoxy) is 2. The molecular formula is C66H41NO2. The molecule has 0 fully saturated rings. The number of benzene rings is 11. The molecule has 0 atom stereocenters. The highest BCUT2D eigenvalue weighted by Crippen LogP contribution is 2.65. The van der Waals surface area contributed by atoms with Gasteiger partial charge in [0.2, 0.25) is 0 Å². The number of anilines is 3. The minimum absolute atomic E-state index is 0.558. The SMILES string of the molecule is c1ccc2c(c1)Oc1ccccc1C21c2ccccc2-c2cc(N(c3ccc(-c4ccc5ccccc5c4)cc3)c3ccc4c(c3)C3(c5ccccc5Oc5ccccc53)c3ccccc3-4)ccc21. The maximum Gasteiger partial charge on any atom is 0.132 e. The van der Waals surface area contributed by atoms with E-state index in [1.54, 1.807) is 0 Å². The highest BCUT2D eigenvalue weighted by atomic mass is 16.5. The Hall–Kier alpha value is -8.92. The first-order valence-electron chi connectivity index (χ1n) is 23.8. The van der Waals surface area contributed by atoms with E-state index in [9.17, 15) is 0 Å². The topological polar surface area (TPSA) is 21.7 Å². The van der Waals surface area contributed by atoms with Crippen LogP contribution in [0.5, 0.6) is 23.0 Å². The van der Waals surface area contributed by atoms with Gasteiger partial charge in [-0.15, -0.1) is 0 Å². The minimum Gasteiger partial charge on any atom is -0.457 e. The monoisotopic (exact) mass is 879 g/mol. The molecule has 0 radical (unpaired) electrons. The summed E-state index contributed by atoms with van der Waals surface area (Å²) in [6, 6.07) is 91.0. The van der Waals surface area contributed by atoms with Gasteiger partial charge in [-0.25, -0.2) is 0 Å². The lowest BCUT2D eigenvalue weighted by molar-refractivity contribution is 0.436. The molecule has 0 aromatic heterocycles. The molecule has 11 aromatic rings. The van der Waals surface area contributed by atoms with Crippen molar-refractivity contribution in [2.24, 2.45) is 0 Å².